The Bertz CT molecular complexity index is 1110. The molecule has 1 unspecified atom stereocenters. The zero-order chi connectivity index (χ0) is 21.1. The number of sulfonamides is 1. The van der Waals surface area contributed by atoms with Gasteiger partial charge in [0.05, 0.1) is 11.1 Å². The van der Waals surface area contributed by atoms with Crippen LogP contribution in [-0.4, -0.2) is 36.2 Å². The van der Waals surface area contributed by atoms with Gasteiger partial charge in [0.15, 0.2) is 12.2 Å². The number of oxazole rings is 1. The van der Waals surface area contributed by atoms with Crippen molar-refractivity contribution >= 4 is 21.6 Å². The lowest BCUT2D eigenvalue weighted by Crippen LogP contribution is -2.41. The fraction of sp³-hybridized carbons (Fsp3) is 0.273. The Morgan fingerprint density at radius 3 is 2.47 bits per heavy atom. The predicted molar refractivity (Wildman–Crippen MR) is 114 cm³/mol. The molecule has 0 bridgehead atoms. The number of benzene rings is 2. The van der Waals surface area contributed by atoms with E-state index in [4.69, 9.17) is 4.42 Å². The molecule has 0 aliphatic carbocycles. The summed E-state index contributed by atoms with van der Waals surface area (Å²) in [6, 6.07) is 13.3. The number of carbonyl (C=O) groups excluding carboxylic acids is 1. The molecule has 2 heterocycles. The van der Waals surface area contributed by atoms with Crippen molar-refractivity contribution in [1.82, 2.24) is 9.29 Å². The van der Waals surface area contributed by atoms with Gasteiger partial charge in [-0.2, -0.15) is 4.31 Å². The van der Waals surface area contributed by atoms with Gasteiger partial charge in [0, 0.05) is 29.4 Å². The number of piperidine rings is 1. The molecule has 1 aromatic heterocycles. The number of carbonyl (C=O) groups is 1. The zero-order valence-corrected chi connectivity index (χ0v) is 17.4. The first kappa shape index (κ1) is 20.3. The minimum absolute atomic E-state index is 0.00773. The number of anilines is 1. The van der Waals surface area contributed by atoms with E-state index in [9.17, 15) is 13.2 Å². The van der Waals surface area contributed by atoms with Crippen molar-refractivity contribution in [3.8, 4) is 11.3 Å². The second kappa shape index (κ2) is 8.41. The number of aromatic nitrogens is 1. The van der Waals surface area contributed by atoms with E-state index < -0.39 is 10.0 Å². The molecule has 2 aromatic carbocycles. The monoisotopic (exact) mass is 425 g/mol. The van der Waals surface area contributed by atoms with Crippen LogP contribution < -0.4 is 5.32 Å². The van der Waals surface area contributed by atoms with E-state index in [1.807, 2.05) is 19.1 Å². The van der Waals surface area contributed by atoms with Crippen molar-refractivity contribution in [2.75, 3.05) is 11.9 Å². The van der Waals surface area contributed by atoms with Crippen LogP contribution in [0.25, 0.3) is 11.3 Å². The summed E-state index contributed by atoms with van der Waals surface area (Å²) < 4.78 is 32.6. The minimum Gasteiger partial charge on any atom is -0.444 e. The van der Waals surface area contributed by atoms with Crippen molar-refractivity contribution in [2.24, 2.45) is 0 Å². The molecule has 1 aliphatic rings. The molecular weight excluding hydrogens is 402 g/mol. The minimum atomic E-state index is -3.55. The fourth-order valence-corrected chi connectivity index (χ4v) is 5.32. The molecule has 0 radical (unpaired) electrons. The first-order valence-corrected chi connectivity index (χ1v) is 11.3. The first-order valence-electron chi connectivity index (χ1n) is 9.87. The van der Waals surface area contributed by atoms with Gasteiger partial charge in [-0.15, -0.1) is 0 Å². The van der Waals surface area contributed by atoms with Gasteiger partial charge in [0.2, 0.25) is 10.0 Å². The van der Waals surface area contributed by atoms with Gasteiger partial charge in [-0.05, 0) is 68.3 Å². The topological polar surface area (TPSA) is 92.5 Å². The molecule has 1 saturated heterocycles. The molecule has 1 aliphatic heterocycles. The zero-order valence-electron chi connectivity index (χ0n) is 16.6. The van der Waals surface area contributed by atoms with Crippen LogP contribution in [0.2, 0.25) is 0 Å². The molecule has 0 saturated carbocycles. The summed E-state index contributed by atoms with van der Waals surface area (Å²) >= 11 is 0. The van der Waals surface area contributed by atoms with E-state index in [0.29, 0.717) is 23.6 Å². The molecule has 1 N–H and O–H groups in total. The molecule has 7 nitrogen and oxygen atoms in total. The van der Waals surface area contributed by atoms with E-state index in [1.54, 1.807) is 34.8 Å². The third-order valence-electron chi connectivity index (χ3n) is 5.32. The third kappa shape index (κ3) is 4.15. The molecule has 1 atom stereocenters. The predicted octanol–water partition coefficient (Wildman–Crippen LogP) is 4.16. The average Bonchev–Trinajstić information content (AvgIpc) is 3.29. The van der Waals surface area contributed by atoms with Crippen LogP contribution >= 0.6 is 0 Å². The highest BCUT2D eigenvalue weighted by atomic mass is 32.2. The lowest BCUT2D eigenvalue weighted by atomic mass is 10.1. The van der Waals surface area contributed by atoms with Crippen LogP contribution in [0.4, 0.5) is 5.69 Å². The van der Waals surface area contributed by atoms with Crippen LogP contribution in [0.15, 0.2) is 70.4 Å². The van der Waals surface area contributed by atoms with Gasteiger partial charge in [0.25, 0.3) is 5.91 Å². The van der Waals surface area contributed by atoms with E-state index in [2.05, 4.69) is 10.3 Å². The smallest absolute Gasteiger partial charge is 0.255 e. The van der Waals surface area contributed by atoms with Gasteiger partial charge >= 0.3 is 0 Å². The number of amides is 1. The highest BCUT2D eigenvalue weighted by molar-refractivity contribution is 7.89. The number of hydrogen-bond donors (Lipinski definition) is 1. The second-order valence-electron chi connectivity index (χ2n) is 7.38. The maximum absolute atomic E-state index is 12.9. The van der Waals surface area contributed by atoms with E-state index in [0.717, 1.165) is 24.8 Å². The van der Waals surface area contributed by atoms with Gasteiger partial charge < -0.3 is 9.73 Å². The Morgan fingerprint density at radius 2 is 1.83 bits per heavy atom. The van der Waals surface area contributed by atoms with E-state index in [1.165, 1.54) is 18.5 Å². The largest absolute Gasteiger partial charge is 0.444 e. The summed E-state index contributed by atoms with van der Waals surface area (Å²) in [4.78, 5) is 16.6. The van der Waals surface area contributed by atoms with Crippen LogP contribution in [0.5, 0.6) is 0 Å². The first-order chi connectivity index (χ1) is 14.4. The normalized spacial score (nSPS) is 17.6. The van der Waals surface area contributed by atoms with Gasteiger partial charge in [-0.3, -0.25) is 4.79 Å². The fourth-order valence-electron chi connectivity index (χ4n) is 3.62. The summed E-state index contributed by atoms with van der Waals surface area (Å²) in [5, 5.41) is 2.81. The summed E-state index contributed by atoms with van der Waals surface area (Å²) in [5.74, 6) is 0.338. The summed E-state index contributed by atoms with van der Waals surface area (Å²) in [6.45, 7) is 2.47. The van der Waals surface area contributed by atoms with Gasteiger partial charge in [-0.25, -0.2) is 13.4 Å². The summed E-state index contributed by atoms with van der Waals surface area (Å²) in [6.07, 6.45) is 5.77. The second-order valence-corrected chi connectivity index (χ2v) is 9.27. The van der Waals surface area contributed by atoms with E-state index in [-0.39, 0.29) is 16.8 Å². The van der Waals surface area contributed by atoms with Crippen LogP contribution in [0, 0.1) is 0 Å². The maximum Gasteiger partial charge on any atom is 0.255 e. The standard InChI is InChI=1S/C22H23N3O4S/c1-16-4-2-3-13-25(16)30(27,28)20-11-7-18(8-12-20)22(26)24-19-9-5-17(6-10-19)21-14-23-15-29-21/h5-12,14-16H,2-4,13H2,1H3,(H,24,26). The molecular formula is C22H23N3O4S. The SMILES string of the molecule is CC1CCCCN1S(=O)(=O)c1ccc(C(=O)Nc2ccc(-c3cnco3)cc2)cc1. The highest BCUT2D eigenvalue weighted by Crippen LogP contribution is 2.25. The molecule has 30 heavy (non-hydrogen) atoms. The van der Waals surface area contributed by atoms with Crippen molar-refractivity contribution in [1.29, 1.82) is 0 Å². The molecule has 8 heteroatoms. The number of nitrogens with one attached hydrogen (secondary N) is 1. The Balaban J connectivity index is 1.45. The number of nitrogens with zero attached hydrogens (tertiary/aromatic N) is 2. The third-order valence-corrected chi connectivity index (χ3v) is 7.35. The molecule has 1 fully saturated rings. The molecule has 0 spiro atoms. The lowest BCUT2D eigenvalue weighted by molar-refractivity contribution is 0.102. The summed E-state index contributed by atoms with van der Waals surface area (Å²) in [5.41, 5.74) is 1.87. The maximum atomic E-state index is 12.9. The van der Waals surface area contributed by atoms with Crippen LogP contribution in [0.1, 0.15) is 36.5 Å². The average molecular weight is 426 g/mol. The van der Waals surface area contributed by atoms with Crippen molar-refractivity contribution in [3.63, 3.8) is 0 Å². The van der Waals surface area contributed by atoms with Gasteiger partial charge in [-0.1, -0.05) is 6.42 Å². The quantitative estimate of drug-likeness (QED) is 0.663. The van der Waals surface area contributed by atoms with Crippen LogP contribution in [0.3, 0.4) is 0 Å². The van der Waals surface area contributed by atoms with Crippen molar-refractivity contribution in [2.45, 2.75) is 37.1 Å². The highest BCUT2D eigenvalue weighted by Gasteiger charge is 2.30. The molecule has 3 aromatic rings. The van der Waals surface area contributed by atoms with E-state index >= 15 is 0 Å². The van der Waals surface area contributed by atoms with Crippen LogP contribution in [-0.2, 0) is 10.0 Å². The molecule has 1 amide bonds. The van der Waals surface area contributed by atoms with Crippen molar-refractivity contribution in [3.05, 3.63) is 66.7 Å². The van der Waals surface area contributed by atoms with Crippen molar-refractivity contribution < 1.29 is 17.6 Å². The number of rotatable bonds is 5. The molecule has 156 valence electrons. The Labute approximate surface area is 175 Å². The Morgan fingerprint density at radius 1 is 1.10 bits per heavy atom. The summed E-state index contributed by atoms with van der Waals surface area (Å²) in [7, 11) is -3.55. The Kier molecular flexibility index (Phi) is 5.69. The van der Waals surface area contributed by atoms with Gasteiger partial charge in [0.1, 0.15) is 0 Å². The molecule has 4 rings (SSSR count). The number of hydrogen-bond acceptors (Lipinski definition) is 5. The lowest BCUT2D eigenvalue weighted by Gasteiger charge is -2.32. The Hall–Kier alpha value is -2.97.